The number of benzene rings is 2. The van der Waals surface area contributed by atoms with Gasteiger partial charge in [0.05, 0.1) is 24.5 Å². The molecule has 0 spiro atoms. The lowest BCUT2D eigenvalue weighted by Crippen LogP contribution is -2.43. The molecule has 1 aliphatic carbocycles. The Morgan fingerprint density at radius 2 is 1.79 bits per heavy atom. The van der Waals surface area contributed by atoms with Crippen LogP contribution in [-0.2, 0) is 11.3 Å². The second kappa shape index (κ2) is 11.0. The summed E-state index contributed by atoms with van der Waals surface area (Å²) >= 11 is 0. The first-order valence-electron chi connectivity index (χ1n) is 15.1. The van der Waals surface area contributed by atoms with Gasteiger partial charge in [-0.1, -0.05) is 44.4 Å². The largest absolute Gasteiger partial charge is 0.489 e. The van der Waals surface area contributed by atoms with Crippen LogP contribution in [0.25, 0.3) is 22.2 Å². The van der Waals surface area contributed by atoms with Gasteiger partial charge in [0.2, 0.25) is 5.91 Å². The Bertz CT molecular complexity index is 1300. The molecular formula is C33H43N3O2. The van der Waals surface area contributed by atoms with Crippen LogP contribution in [-0.4, -0.2) is 48.2 Å². The first-order chi connectivity index (χ1) is 18.7. The molecule has 5 heteroatoms. The Morgan fingerprint density at radius 3 is 2.58 bits per heavy atom. The fourth-order valence-electron chi connectivity index (χ4n) is 7.13. The first-order valence-corrected chi connectivity index (χ1v) is 15.1. The number of carbonyl (C=O) groups excluding carboxylic acids is 1. The maximum absolute atomic E-state index is 13.3. The fourth-order valence-corrected chi connectivity index (χ4v) is 7.13. The van der Waals surface area contributed by atoms with Gasteiger partial charge in [-0.05, 0) is 80.7 Å². The minimum absolute atomic E-state index is 0.247. The molecule has 2 aromatic carbocycles. The van der Waals surface area contributed by atoms with Crippen molar-refractivity contribution in [1.29, 1.82) is 0 Å². The van der Waals surface area contributed by atoms with Gasteiger partial charge in [0, 0.05) is 36.1 Å². The molecule has 0 unspecified atom stereocenters. The molecule has 2 aliphatic heterocycles. The summed E-state index contributed by atoms with van der Waals surface area (Å²) in [5.74, 6) is 1.80. The molecule has 5 nitrogen and oxygen atoms in total. The Labute approximate surface area is 227 Å². The summed E-state index contributed by atoms with van der Waals surface area (Å²) in [5.41, 5.74) is 7.78. The maximum atomic E-state index is 13.3. The number of nitrogens with zero attached hydrogens (tertiary/aromatic N) is 3. The van der Waals surface area contributed by atoms with E-state index >= 15 is 0 Å². The molecule has 2 fully saturated rings. The number of ether oxygens (including phenoxy) is 1. The summed E-state index contributed by atoms with van der Waals surface area (Å²) in [6, 6.07) is 13.6. The number of likely N-dealkylation sites (tertiary alicyclic amines) is 1. The highest BCUT2D eigenvalue weighted by atomic mass is 16.5. The average molecular weight is 514 g/mol. The number of hydrogen-bond acceptors (Lipinski definition) is 3. The molecule has 0 atom stereocenters. The van der Waals surface area contributed by atoms with Crippen LogP contribution in [0.4, 0.5) is 5.69 Å². The Kier molecular flexibility index (Phi) is 7.36. The molecule has 6 rings (SSSR count). The number of fused-ring (bicyclic) bond motifs is 5. The molecule has 1 aromatic heterocycles. The van der Waals surface area contributed by atoms with Gasteiger partial charge < -0.3 is 19.1 Å². The maximum Gasteiger partial charge on any atom is 0.242 e. The third kappa shape index (κ3) is 4.69. The van der Waals surface area contributed by atoms with E-state index in [1.165, 1.54) is 71.8 Å². The molecule has 3 aliphatic rings. The van der Waals surface area contributed by atoms with Gasteiger partial charge in [0.1, 0.15) is 6.61 Å². The average Bonchev–Trinajstić information content (AvgIpc) is 3.13. The zero-order chi connectivity index (χ0) is 26.1. The van der Waals surface area contributed by atoms with Crippen molar-refractivity contribution in [2.24, 2.45) is 0 Å². The van der Waals surface area contributed by atoms with E-state index in [2.05, 4.69) is 64.6 Å². The van der Waals surface area contributed by atoms with Crippen molar-refractivity contribution in [2.45, 2.75) is 84.1 Å². The van der Waals surface area contributed by atoms with Crippen molar-refractivity contribution in [3.05, 3.63) is 47.5 Å². The number of rotatable bonds is 6. The van der Waals surface area contributed by atoms with Crippen molar-refractivity contribution < 1.29 is 9.53 Å². The van der Waals surface area contributed by atoms with Gasteiger partial charge in [0.25, 0.3) is 0 Å². The number of hydrogen-bond donors (Lipinski definition) is 0. The number of para-hydroxylation sites is 1. The number of anilines is 1. The summed E-state index contributed by atoms with van der Waals surface area (Å²) in [5, 5.41) is 1.42. The second-order valence-electron chi connectivity index (χ2n) is 11.6. The first kappa shape index (κ1) is 25.3. The van der Waals surface area contributed by atoms with E-state index in [1.807, 2.05) is 0 Å². The topological polar surface area (TPSA) is 37.7 Å². The van der Waals surface area contributed by atoms with Crippen LogP contribution in [0.5, 0.6) is 5.75 Å². The van der Waals surface area contributed by atoms with Crippen molar-refractivity contribution in [1.82, 2.24) is 9.47 Å². The summed E-state index contributed by atoms with van der Waals surface area (Å²) in [6.45, 7) is 8.93. The third-order valence-electron chi connectivity index (χ3n) is 8.95. The molecule has 1 saturated carbocycles. The normalized spacial score (nSPS) is 18.0. The van der Waals surface area contributed by atoms with Gasteiger partial charge in [-0.3, -0.25) is 4.79 Å². The van der Waals surface area contributed by atoms with Crippen LogP contribution in [0.15, 0.2) is 36.4 Å². The predicted octanol–water partition coefficient (Wildman–Crippen LogP) is 7.29. The standard InChI is InChI=1S/C33H43N3O2/c1-3-17-35(23-30(37)34-18-8-5-9-19-34)28-14-10-13-27-32-31(25-11-6-4-7-12-25)26-16-15-24(2)22-29(26)36(32)20-21-38-33(27)28/h10,13-16,22,25H,3-9,11-12,17-21,23H2,1-2H3. The van der Waals surface area contributed by atoms with Crippen LogP contribution in [0.2, 0.25) is 0 Å². The molecule has 1 amide bonds. The zero-order valence-electron chi connectivity index (χ0n) is 23.3. The van der Waals surface area contributed by atoms with E-state index in [9.17, 15) is 4.79 Å². The molecule has 3 heterocycles. The van der Waals surface area contributed by atoms with Gasteiger partial charge in [-0.15, -0.1) is 0 Å². The number of piperidine rings is 1. The lowest BCUT2D eigenvalue weighted by atomic mass is 9.81. The van der Waals surface area contributed by atoms with Gasteiger partial charge in [-0.2, -0.15) is 0 Å². The molecule has 0 bridgehead atoms. The molecule has 202 valence electrons. The van der Waals surface area contributed by atoms with E-state index in [-0.39, 0.29) is 5.91 Å². The molecule has 3 aromatic rings. The molecular weight excluding hydrogens is 470 g/mol. The molecule has 0 N–H and O–H groups in total. The number of amides is 1. The van der Waals surface area contributed by atoms with E-state index in [0.717, 1.165) is 56.9 Å². The zero-order valence-corrected chi connectivity index (χ0v) is 23.3. The van der Waals surface area contributed by atoms with Crippen LogP contribution in [0.1, 0.15) is 81.8 Å². The smallest absolute Gasteiger partial charge is 0.242 e. The van der Waals surface area contributed by atoms with Crippen LogP contribution in [0.3, 0.4) is 0 Å². The van der Waals surface area contributed by atoms with Gasteiger partial charge in [0.15, 0.2) is 5.75 Å². The summed E-state index contributed by atoms with van der Waals surface area (Å²) in [7, 11) is 0. The Morgan fingerprint density at radius 1 is 1.00 bits per heavy atom. The van der Waals surface area contributed by atoms with Crippen molar-refractivity contribution in [2.75, 3.05) is 37.7 Å². The summed E-state index contributed by atoms with van der Waals surface area (Å²) < 4.78 is 9.14. The Balaban J connectivity index is 1.46. The minimum Gasteiger partial charge on any atom is -0.489 e. The van der Waals surface area contributed by atoms with Crippen LogP contribution < -0.4 is 9.64 Å². The van der Waals surface area contributed by atoms with Gasteiger partial charge in [-0.25, -0.2) is 0 Å². The van der Waals surface area contributed by atoms with E-state index in [0.29, 0.717) is 19.1 Å². The van der Waals surface area contributed by atoms with Crippen LogP contribution >= 0.6 is 0 Å². The monoisotopic (exact) mass is 513 g/mol. The molecule has 38 heavy (non-hydrogen) atoms. The molecule has 0 radical (unpaired) electrons. The highest BCUT2D eigenvalue weighted by Gasteiger charge is 2.31. The predicted molar refractivity (Wildman–Crippen MR) is 156 cm³/mol. The summed E-state index contributed by atoms with van der Waals surface area (Å²) in [6.07, 6.45) is 11.0. The fraction of sp³-hybridized carbons (Fsp3) is 0.545. The van der Waals surface area contributed by atoms with Crippen molar-refractivity contribution in [3.63, 3.8) is 0 Å². The van der Waals surface area contributed by atoms with E-state index < -0.39 is 0 Å². The minimum atomic E-state index is 0.247. The number of aryl methyl sites for hydroxylation is 1. The molecule has 1 saturated heterocycles. The Hall–Kier alpha value is -2.95. The number of aromatic nitrogens is 1. The van der Waals surface area contributed by atoms with Crippen molar-refractivity contribution in [3.8, 4) is 17.0 Å². The lowest BCUT2D eigenvalue weighted by molar-refractivity contribution is -0.130. The second-order valence-corrected chi connectivity index (χ2v) is 11.6. The van der Waals surface area contributed by atoms with Crippen LogP contribution in [0, 0.1) is 6.92 Å². The highest BCUT2D eigenvalue weighted by molar-refractivity contribution is 5.95. The van der Waals surface area contributed by atoms with E-state index in [1.54, 1.807) is 0 Å². The quantitative estimate of drug-likeness (QED) is 0.347. The lowest BCUT2D eigenvalue weighted by Gasteiger charge is -2.32. The number of carbonyl (C=O) groups is 1. The highest BCUT2D eigenvalue weighted by Crippen LogP contribution is 2.49. The van der Waals surface area contributed by atoms with E-state index in [4.69, 9.17) is 4.74 Å². The third-order valence-corrected chi connectivity index (χ3v) is 8.95. The van der Waals surface area contributed by atoms with Gasteiger partial charge >= 0.3 is 0 Å². The SMILES string of the molecule is CCCN(CC(=O)N1CCCCC1)c1cccc2c1OCCn1c-2c(C2CCCCC2)c2ccc(C)cc21. The summed E-state index contributed by atoms with van der Waals surface area (Å²) in [4.78, 5) is 17.7. The van der Waals surface area contributed by atoms with Crippen molar-refractivity contribution >= 4 is 22.5 Å².